The highest BCUT2D eigenvalue weighted by Crippen LogP contribution is 2.30. The van der Waals surface area contributed by atoms with Gasteiger partial charge in [-0.15, -0.1) is 12.4 Å². The van der Waals surface area contributed by atoms with Gasteiger partial charge in [0.05, 0.1) is 0 Å². The van der Waals surface area contributed by atoms with Crippen molar-refractivity contribution in [1.29, 1.82) is 0 Å². The molecule has 3 heteroatoms. The molecule has 1 aliphatic heterocycles. The quantitative estimate of drug-likeness (QED) is 0.821. The van der Waals surface area contributed by atoms with Crippen molar-refractivity contribution in [2.75, 3.05) is 19.6 Å². The average molecular weight is 261 g/mol. The SMILES string of the molecule is CC1CN(CC2CCCCC2C)C(C)CN1.Cl. The zero-order valence-electron chi connectivity index (χ0n) is 11.6. The molecule has 4 unspecified atom stereocenters. The van der Waals surface area contributed by atoms with Gasteiger partial charge in [-0.25, -0.2) is 0 Å². The molecule has 0 spiro atoms. The van der Waals surface area contributed by atoms with Crippen molar-refractivity contribution in [2.45, 2.75) is 58.5 Å². The van der Waals surface area contributed by atoms with Gasteiger partial charge in [0.2, 0.25) is 0 Å². The zero-order valence-corrected chi connectivity index (χ0v) is 12.4. The Bertz CT molecular complexity index is 222. The van der Waals surface area contributed by atoms with Crippen molar-refractivity contribution in [1.82, 2.24) is 10.2 Å². The maximum atomic E-state index is 3.57. The van der Waals surface area contributed by atoms with Gasteiger partial charge in [0.25, 0.3) is 0 Å². The van der Waals surface area contributed by atoms with Gasteiger partial charge in [-0.1, -0.05) is 26.2 Å². The van der Waals surface area contributed by atoms with E-state index in [0.29, 0.717) is 6.04 Å². The molecule has 4 atom stereocenters. The number of rotatable bonds is 2. The molecule has 2 nitrogen and oxygen atoms in total. The topological polar surface area (TPSA) is 15.3 Å². The first-order chi connectivity index (χ1) is 7.66. The summed E-state index contributed by atoms with van der Waals surface area (Å²) in [5, 5.41) is 3.57. The van der Waals surface area contributed by atoms with Crippen molar-refractivity contribution < 1.29 is 0 Å². The third-order valence-electron chi connectivity index (χ3n) is 4.65. The smallest absolute Gasteiger partial charge is 0.0193 e. The minimum atomic E-state index is 0. The summed E-state index contributed by atoms with van der Waals surface area (Å²) in [4.78, 5) is 2.72. The molecule has 0 aromatic carbocycles. The van der Waals surface area contributed by atoms with Gasteiger partial charge < -0.3 is 5.32 Å². The van der Waals surface area contributed by atoms with Gasteiger partial charge in [0.15, 0.2) is 0 Å². The average Bonchev–Trinajstić information content (AvgIpc) is 2.27. The lowest BCUT2D eigenvalue weighted by molar-refractivity contribution is 0.0943. The Balaban J connectivity index is 0.00000144. The Hall–Kier alpha value is 0.210. The molecule has 17 heavy (non-hydrogen) atoms. The Morgan fingerprint density at radius 3 is 2.53 bits per heavy atom. The number of nitrogens with zero attached hydrogens (tertiary/aromatic N) is 1. The van der Waals surface area contributed by atoms with Gasteiger partial charge in [0, 0.05) is 31.7 Å². The van der Waals surface area contributed by atoms with E-state index < -0.39 is 0 Å². The predicted octanol–water partition coefficient (Wildman–Crippen LogP) is 2.92. The van der Waals surface area contributed by atoms with E-state index in [1.165, 1.54) is 45.3 Å². The maximum Gasteiger partial charge on any atom is 0.0193 e. The summed E-state index contributed by atoms with van der Waals surface area (Å²) in [5.74, 6) is 1.91. The summed E-state index contributed by atoms with van der Waals surface area (Å²) in [6.07, 6.45) is 5.85. The van der Waals surface area contributed by atoms with E-state index in [1.54, 1.807) is 0 Å². The first-order valence-electron chi connectivity index (χ1n) is 7.14. The van der Waals surface area contributed by atoms with Crippen LogP contribution in [0.1, 0.15) is 46.5 Å². The molecular formula is C14H29ClN2. The largest absolute Gasteiger partial charge is 0.311 e. The number of halogens is 1. The lowest BCUT2D eigenvalue weighted by Gasteiger charge is -2.41. The molecule has 1 heterocycles. The number of hydrogen-bond acceptors (Lipinski definition) is 2. The molecule has 0 amide bonds. The van der Waals surface area contributed by atoms with Crippen LogP contribution in [-0.2, 0) is 0 Å². The third-order valence-corrected chi connectivity index (χ3v) is 4.65. The van der Waals surface area contributed by atoms with Gasteiger partial charge in [-0.3, -0.25) is 4.90 Å². The zero-order chi connectivity index (χ0) is 11.5. The minimum absolute atomic E-state index is 0. The molecule has 0 radical (unpaired) electrons. The second-order valence-electron chi connectivity index (χ2n) is 6.13. The molecule has 0 aromatic rings. The van der Waals surface area contributed by atoms with Crippen molar-refractivity contribution in [3.63, 3.8) is 0 Å². The molecule has 0 bridgehead atoms. The van der Waals surface area contributed by atoms with E-state index in [9.17, 15) is 0 Å². The van der Waals surface area contributed by atoms with Crippen LogP contribution in [0.3, 0.4) is 0 Å². The fourth-order valence-corrected chi connectivity index (χ4v) is 3.32. The van der Waals surface area contributed by atoms with Crippen LogP contribution in [0.4, 0.5) is 0 Å². The Morgan fingerprint density at radius 2 is 1.82 bits per heavy atom. The van der Waals surface area contributed by atoms with E-state index in [0.717, 1.165) is 17.9 Å². The summed E-state index contributed by atoms with van der Waals surface area (Å²) < 4.78 is 0. The van der Waals surface area contributed by atoms with Crippen LogP contribution in [0, 0.1) is 11.8 Å². The highest BCUT2D eigenvalue weighted by atomic mass is 35.5. The molecule has 1 N–H and O–H groups in total. The molecule has 102 valence electrons. The van der Waals surface area contributed by atoms with Crippen LogP contribution in [0.2, 0.25) is 0 Å². The Labute approximate surface area is 113 Å². The molecule has 2 fully saturated rings. The number of hydrogen-bond donors (Lipinski definition) is 1. The lowest BCUT2D eigenvalue weighted by atomic mass is 9.80. The summed E-state index contributed by atoms with van der Waals surface area (Å²) in [5.41, 5.74) is 0. The van der Waals surface area contributed by atoms with Gasteiger partial charge >= 0.3 is 0 Å². The van der Waals surface area contributed by atoms with E-state index >= 15 is 0 Å². The Kier molecular flexibility index (Phi) is 6.25. The number of piperazine rings is 1. The summed E-state index contributed by atoms with van der Waals surface area (Å²) >= 11 is 0. The fourth-order valence-electron chi connectivity index (χ4n) is 3.32. The van der Waals surface area contributed by atoms with Crippen molar-refractivity contribution >= 4 is 12.4 Å². The first-order valence-corrected chi connectivity index (χ1v) is 7.14. The van der Waals surface area contributed by atoms with Crippen LogP contribution in [-0.4, -0.2) is 36.6 Å². The second kappa shape index (κ2) is 6.96. The van der Waals surface area contributed by atoms with Crippen LogP contribution in [0.5, 0.6) is 0 Å². The highest BCUT2D eigenvalue weighted by Gasteiger charge is 2.28. The summed E-state index contributed by atoms with van der Waals surface area (Å²) in [6, 6.07) is 1.40. The molecule has 0 aromatic heterocycles. The van der Waals surface area contributed by atoms with Crippen LogP contribution < -0.4 is 5.32 Å². The molecule has 1 saturated heterocycles. The lowest BCUT2D eigenvalue weighted by Crippen LogP contribution is -2.55. The fraction of sp³-hybridized carbons (Fsp3) is 1.00. The van der Waals surface area contributed by atoms with E-state index in [-0.39, 0.29) is 12.4 Å². The third kappa shape index (κ3) is 4.11. The van der Waals surface area contributed by atoms with Gasteiger partial charge in [-0.2, -0.15) is 0 Å². The van der Waals surface area contributed by atoms with E-state index in [1.807, 2.05) is 0 Å². The number of nitrogens with one attached hydrogen (secondary N) is 1. The summed E-state index contributed by atoms with van der Waals surface area (Å²) in [6.45, 7) is 10.9. The van der Waals surface area contributed by atoms with Crippen LogP contribution in [0.25, 0.3) is 0 Å². The Morgan fingerprint density at radius 1 is 1.12 bits per heavy atom. The standard InChI is InChI=1S/C14H28N2.ClH/c1-11-6-4-5-7-14(11)10-16-9-12(2)15-8-13(16)3;/h11-15H,4-10H2,1-3H3;1H. The molecule has 1 aliphatic carbocycles. The van der Waals surface area contributed by atoms with Gasteiger partial charge in [-0.05, 0) is 32.1 Å². The monoisotopic (exact) mass is 260 g/mol. The van der Waals surface area contributed by atoms with E-state index in [2.05, 4.69) is 31.0 Å². The predicted molar refractivity (Wildman–Crippen MR) is 76.9 cm³/mol. The highest BCUT2D eigenvalue weighted by molar-refractivity contribution is 5.85. The van der Waals surface area contributed by atoms with Crippen molar-refractivity contribution in [3.05, 3.63) is 0 Å². The van der Waals surface area contributed by atoms with Crippen LogP contribution in [0.15, 0.2) is 0 Å². The molecule has 1 saturated carbocycles. The van der Waals surface area contributed by atoms with Crippen molar-refractivity contribution in [3.8, 4) is 0 Å². The van der Waals surface area contributed by atoms with Crippen LogP contribution >= 0.6 is 12.4 Å². The maximum absolute atomic E-state index is 3.57. The normalized spacial score (nSPS) is 39.7. The molecule has 2 rings (SSSR count). The van der Waals surface area contributed by atoms with Gasteiger partial charge in [0.1, 0.15) is 0 Å². The molecule has 2 aliphatic rings. The summed E-state index contributed by atoms with van der Waals surface area (Å²) in [7, 11) is 0. The molecular weight excluding hydrogens is 232 g/mol. The second-order valence-corrected chi connectivity index (χ2v) is 6.13. The first kappa shape index (κ1) is 15.3. The minimum Gasteiger partial charge on any atom is -0.311 e. The van der Waals surface area contributed by atoms with Crippen molar-refractivity contribution in [2.24, 2.45) is 11.8 Å². The van der Waals surface area contributed by atoms with E-state index in [4.69, 9.17) is 0 Å².